The van der Waals surface area contributed by atoms with Gasteiger partial charge in [-0.25, -0.2) is 0 Å². The minimum absolute atomic E-state index is 0.0213. The van der Waals surface area contributed by atoms with E-state index in [2.05, 4.69) is 5.32 Å². The van der Waals surface area contributed by atoms with Crippen LogP contribution in [0.5, 0.6) is 5.75 Å². The second-order valence-electron chi connectivity index (χ2n) is 5.73. The Bertz CT molecular complexity index is 1070. The van der Waals surface area contributed by atoms with Gasteiger partial charge in [-0.1, -0.05) is 54.6 Å². The van der Waals surface area contributed by atoms with Crippen LogP contribution in [0, 0.1) is 0 Å². The van der Waals surface area contributed by atoms with Gasteiger partial charge in [0.1, 0.15) is 5.75 Å². The van der Waals surface area contributed by atoms with Crippen molar-refractivity contribution in [1.82, 2.24) is 0 Å². The molecular weight excluding hydrogens is 298 g/mol. The van der Waals surface area contributed by atoms with Crippen LogP contribution >= 0.6 is 0 Å². The Morgan fingerprint density at radius 3 is 2.00 bits per heavy atom. The van der Waals surface area contributed by atoms with Gasteiger partial charge >= 0.3 is 0 Å². The van der Waals surface area contributed by atoms with Crippen LogP contribution in [0.3, 0.4) is 0 Å². The fourth-order valence-electron chi connectivity index (χ4n) is 2.88. The summed E-state index contributed by atoms with van der Waals surface area (Å²) in [7, 11) is 0. The summed E-state index contributed by atoms with van der Waals surface area (Å²) >= 11 is 0. The molecule has 0 aromatic heterocycles. The molecule has 4 aromatic carbocycles. The zero-order valence-corrected chi connectivity index (χ0v) is 12.9. The lowest BCUT2D eigenvalue weighted by Crippen LogP contribution is -2.12. The van der Waals surface area contributed by atoms with Gasteiger partial charge in [0.05, 0.1) is 5.56 Å². The van der Waals surface area contributed by atoms with E-state index in [1.54, 1.807) is 12.1 Å². The number of hydrogen-bond donors (Lipinski definition) is 2. The van der Waals surface area contributed by atoms with Crippen LogP contribution in [0.2, 0.25) is 0 Å². The van der Waals surface area contributed by atoms with Crippen LogP contribution in [0.4, 0.5) is 5.69 Å². The Balaban J connectivity index is 1.69. The van der Waals surface area contributed by atoms with Crippen LogP contribution in [-0.4, -0.2) is 11.0 Å². The van der Waals surface area contributed by atoms with E-state index in [1.807, 2.05) is 66.7 Å². The molecule has 0 saturated carbocycles. The molecule has 0 heterocycles. The first-order valence-corrected chi connectivity index (χ1v) is 7.73. The molecular formula is C21H15NO2. The van der Waals surface area contributed by atoms with Crippen molar-refractivity contribution in [2.45, 2.75) is 0 Å². The second-order valence-corrected chi connectivity index (χ2v) is 5.73. The van der Waals surface area contributed by atoms with Gasteiger partial charge in [0.2, 0.25) is 0 Å². The number of carbonyl (C=O) groups excluding carboxylic acids is 1. The highest BCUT2D eigenvalue weighted by Crippen LogP contribution is 2.26. The summed E-state index contributed by atoms with van der Waals surface area (Å²) in [6, 6.07) is 24.7. The third kappa shape index (κ3) is 2.57. The van der Waals surface area contributed by atoms with Crippen molar-refractivity contribution < 1.29 is 9.90 Å². The van der Waals surface area contributed by atoms with E-state index in [0.717, 1.165) is 21.5 Å². The van der Waals surface area contributed by atoms with Crippen molar-refractivity contribution in [3.05, 3.63) is 84.4 Å². The Kier molecular flexibility index (Phi) is 3.39. The average Bonchev–Trinajstić information content (AvgIpc) is 2.61. The fraction of sp³-hybridized carbons (Fsp3) is 0. The quantitative estimate of drug-likeness (QED) is 0.550. The van der Waals surface area contributed by atoms with Gasteiger partial charge in [-0.2, -0.15) is 0 Å². The zero-order chi connectivity index (χ0) is 16.5. The normalized spacial score (nSPS) is 10.8. The third-order valence-corrected chi connectivity index (χ3v) is 4.12. The Hall–Kier alpha value is -3.33. The molecule has 3 nitrogen and oxygen atoms in total. The number of rotatable bonds is 2. The smallest absolute Gasteiger partial charge is 0.259 e. The molecule has 2 N–H and O–H groups in total. The zero-order valence-electron chi connectivity index (χ0n) is 12.9. The maximum absolute atomic E-state index is 12.5. The number of anilines is 1. The molecule has 3 heteroatoms. The monoisotopic (exact) mass is 313 g/mol. The topological polar surface area (TPSA) is 49.3 Å². The number of amides is 1. The highest BCUT2D eigenvalue weighted by atomic mass is 16.3. The van der Waals surface area contributed by atoms with Gasteiger partial charge in [0.15, 0.2) is 0 Å². The first-order chi connectivity index (χ1) is 11.7. The van der Waals surface area contributed by atoms with Gasteiger partial charge in [0, 0.05) is 5.69 Å². The average molecular weight is 313 g/mol. The van der Waals surface area contributed by atoms with Crippen molar-refractivity contribution in [3.8, 4) is 5.75 Å². The molecule has 0 aliphatic carbocycles. The van der Waals surface area contributed by atoms with E-state index in [9.17, 15) is 9.90 Å². The first-order valence-electron chi connectivity index (χ1n) is 7.73. The summed E-state index contributed by atoms with van der Waals surface area (Å²) in [5.41, 5.74) is 0.966. The molecule has 0 aliphatic rings. The number of fused-ring (bicyclic) bond motifs is 2. The van der Waals surface area contributed by atoms with Crippen molar-refractivity contribution in [2.24, 2.45) is 0 Å². The molecule has 4 rings (SSSR count). The summed E-state index contributed by atoms with van der Waals surface area (Å²) in [5, 5.41) is 17.0. The summed E-state index contributed by atoms with van der Waals surface area (Å²) in [5.74, 6) is -0.347. The number of benzene rings is 4. The molecule has 0 radical (unpaired) electrons. The molecule has 24 heavy (non-hydrogen) atoms. The van der Waals surface area contributed by atoms with Gasteiger partial charge in [0.25, 0.3) is 5.91 Å². The van der Waals surface area contributed by atoms with Crippen molar-refractivity contribution >= 4 is 33.1 Å². The number of nitrogens with one attached hydrogen (secondary N) is 1. The minimum atomic E-state index is -0.325. The maximum atomic E-state index is 12.5. The lowest BCUT2D eigenvalue weighted by molar-refractivity contribution is 0.102. The van der Waals surface area contributed by atoms with Crippen LogP contribution in [0.1, 0.15) is 10.4 Å². The minimum Gasteiger partial charge on any atom is -0.507 e. The lowest BCUT2D eigenvalue weighted by atomic mass is 10.0. The molecule has 0 unspecified atom stereocenters. The summed E-state index contributed by atoms with van der Waals surface area (Å²) in [6.07, 6.45) is 0. The molecule has 0 spiro atoms. The lowest BCUT2D eigenvalue weighted by Gasteiger charge is -2.09. The van der Waals surface area contributed by atoms with Crippen molar-refractivity contribution in [2.75, 3.05) is 5.32 Å². The fourth-order valence-corrected chi connectivity index (χ4v) is 2.88. The summed E-state index contributed by atoms with van der Waals surface area (Å²) in [4.78, 5) is 12.5. The van der Waals surface area contributed by atoms with E-state index in [0.29, 0.717) is 5.69 Å². The van der Waals surface area contributed by atoms with Crippen molar-refractivity contribution in [1.29, 1.82) is 0 Å². The predicted octanol–water partition coefficient (Wildman–Crippen LogP) is 4.95. The number of phenols is 1. The molecule has 116 valence electrons. The van der Waals surface area contributed by atoms with Gasteiger partial charge in [-0.05, 0) is 45.8 Å². The van der Waals surface area contributed by atoms with E-state index < -0.39 is 0 Å². The number of hydrogen-bond acceptors (Lipinski definition) is 2. The Morgan fingerprint density at radius 2 is 1.29 bits per heavy atom. The molecule has 0 saturated heterocycles. The molecule has 0 bridgehead atoms. The summed E-state index contributed by atoms with van der Waals surface area (Å²) in [6.45, 7) is 0. The van der Waals surface area contributed by atoms with Gasteiger partial charge in [-0.3, -0.25) is 4.79 Å². The van der Waals surface area contributed by atoms with Gasteiger partial charge < -0.3 is 10.4 Å². The summed E-state index contributed by atoms with van der Waals surface area (Å²) < 4.78 is 0. The SMILES string of the molecule is O=C(Nc1ccc2ccccc2c1)c1cc2ccccc2cc1O. The molecule has 0 aliphatic heterocycles. The standard InChI is InChI=1S/C21H15NO2/c23-20-13-17-8-4-3-7-16(17)12-19(20)21(24)22-18-10-9-14-5-1-2-6-15(14)11-18/h1-13,23H,(H,22,24). The van der Waals surface area contributed by atoms with Crippen LogP contribution in [-0.2, 0) is 0 Å². The van der Waals surface area contributed by atoms with E-state index in [1.165, 1.54) is 0 Å². The number of aromatic hydroxyl groups is 1. The first kappa shape index (κ1) is 14.3. The highest BCUT2D eigenvalue weighted by Gasteiger charge is 2.13. The second kappa shape index (κ2) is 5.70. The molecule has 1 amide bonds. The molecule has 0 atom stereocenters. The number of carbonyl (C=O) groups is 1. The Morgan fingerprint density at radius 1 is 0.708 bits per heavy atom. The molecule has 4 aromatic rings. The van der Waals surface area contributed by atoms with Crippen molar-refractivity contribution in [3.63, 3.8) is 0 Å². The van der Waals surface area contributed by atoms with Crippen LogP contribution < -0.4 is 5.32 Å². The van der Waals surface area contributed by atoms with Crippen LogP contribution in [0.15, 0.2) is 78.9 Å². The van der Waals surface area contributed by atoms with Gasteiger partial charge in [-0.15, -0.1) is 0 Å². The number of phenolic OH excluding ortho intramolecular Hbond substituents is 1. The Labute approximate surface area is 139 Å². The third-order valence-electron chi connectivity index (χ3n) is 4.12. The van der Waals surface area contributed by atoms with Crippen LogP contribution in [0.25, 0.3) is 21.5 Å². The predicted molar refractivity (Wildman–Crippen MR) is 97.5 cm³/mol. The van der Waals surface area contributed by atoms with E-state index in [-0.39, 0.29) is 17.2 Å². The largest absolute Gasteiger partial charge is 0.507 e. The van der Waals surface area contributed by atoms with E-state index >= 15 is 0 Å². The van der Waals surface area contributed by atoms with E-state index in [4.69, 9.17) is 0 Å². The maximum Gasteiger partial charge on any atom is 0.259 e. The molecule has 0 fully saturated rings. The highest BCUT2D eigenvalue weighted by molar-refractivity contribution is 6.09.